The van der Waals surface area contributed by atoms with E-state index in [1.54, 1.807) is 0 Å². The molecular weight excluding hydrogens is 376 g/mol. The molecule has 1 N–H and O–H groups in total. The molecule has 0 saturated carbocycles. The van der Waals surface area contributed by atoms with Gasteiger partial charge < -0.3 is 15.0 Å². The van der Waals surface area contributed by atoms with Crippen LogP contribution in [0.15, 0.2) is 61.1 Å². The van der Waals surface area contributed by atoms with Gasteiger partial charge in [0.25, 0.3) is 0 Å². The summed E-state index contributed by atoms with van der Waals surface area (Å²) >= 11 is 0. The average molecular weight is 400 g/mol. The molecule has 152 valence electrons. The minimum absolute atomic E-state index is 0.215. The van der Waals surface area contributed by atoms with E-state index in [2.05, 4.69) is 62.5 Å². The largest absolute Gasteiger partial charge is 0.375 e. The third-order valence-electron chi connectivity index (χ3n) is 5.42. The first kappa shape index (κ1) is 18.6. The number of fused-ring (bicyclic) bond motifs is 1. The number of pyridine rings is 2. The van der Waals surface area contributed by atoms with Gasteiger partial charge in [0.15, 0.2) is 0 Å². The van der Waals surface area contributed by atoms with Crippen molar-refractivity contribution in [2.24, 2.45) is 7.05 Å². The first-order chi connectivity index (χ1) is 14.7. The van der Waals surface area contributed by atoms with E-state index >= 15 is 0 Å². The Morgan fingerprint density at radius 3 is 2.80 bits per heavy atom. The van der Waals surface area contributed by atoms with Crippen LogP contribution in [-0.2, 0) is 11.8 Å². The molecule has 7 heteroatoms. The van der Waals surface area contributed by atoms with Gasteiger partial charge in [0, 0.05) is 49.7 Å². The van der Waals surface area contributed by atoms with Crippen molar-refractivity contribution in [2.45, 2.75) is 13.0 Å². The van der Waals surface area contributed by atoms with Gasteiger partial charge in [-0.25, -0.2) is 9.97 Å². The second-order valence-corrected chi connectivity index (χ2v) is 7.63. The Kier molecular flexibility index (Phi) is 4.80. The van der Waals surface area contributed by atoms with E-state index in [-0.39, 0.29) is 6.10 Å². The predicted molar refractivity (Wildman–Crippen MR) is 119 cm³/mol. The van der Waals surface area contributed by atoms with Crippen LogP contribution >= 0.6 is 0 Å². The van der Waals surface area contributed by atoms with Gasteiger partial charge in [-0.2, -0.15) is 5.10 Å². The van der Waals surface area contributed by atoms with Crippen LogP contribution in [0, 0.1) is 0 Å². The second-order valence-electron chi connectivity index (χ2n) is 7.63. The monoisotopic (exact) mass is 400 g/mol. The van der Waals surface area contributed by atoms with Crippen LogP contribution in [0.25, 0.3) is 22.0 Å². The molecule has 0 spiro atoms. The molecule has 1 aliphatic rings. The minimum Gasteiger partial charge on any atom is -0.375 e. The van der Waals surface area contributed by atoms with Crippen LogP contribution in [-0.4, -0.2) is 45.5 Å². The van der Waals surface area contributed by atoms with Crippen LogP contribution in [0.1, 0.15) is 6.92 Å². The minimum atomic E-state index is 0.215. The van der Waals surface area contributed by atoms with E-state index in [9.17, 15) is 0 Å². The summed E-state index contributed by atoms with van der Waals surface area (Å²) in [5, 5.41) is 8.87. The summed E-state index contributed by atoms with van der Waals surface area (Å²) in [6.45, 7) is 4.52. The van der Waals surface area contributed by atoms with Gasteiger partial charge in [-0.1, -0.05) is 6.07 Å². The van der Waals surface area contributed by atoms with Gasteiger partial charge in [0.2, 0.25) is 0 Å². The fourth-order valence-electron chi connectivity index (χ4n) is 3.87. The zero-order chi connectivity index (χ0) is 20.5. The lowest BCUT2D eigenvalue weighted by molar-refractivity contribution is 0.0529. The highest BCUT2D eigenvalue weighted by Crippen LogP contribution is 2.27. The molecule has 0 aliphatic carbocycles. The molecule has 1 atom stereocenters. The van der Waals surface area contributed by atoms with E-state index in [4.69, 9.17) is 4.74 Å². The van der Waals surface area contributed by atoms with E-state index in [0.29, 0.717) is 0 Å². The molecule has 7 nitrogen and oxygen atoms in total. The van der Waals surface area contributed by atoms with E-state index in [0.717, 1.165) is 59.0 Å². The SMILES string of the molecule is C[C@@H]1CN(c2cc(Nc3cc(-c4ccc5c(cnn5C)c4)ccn3)ccn2)CCO1. The van der Waals surface area contributed by atoms with Crippen molar-refractivity contribution in [1.29, 1.82) is 0 Å². The van der Waals surface area contributed by atoms with Crippen molar-refractivity contribution < 1.29 is 4.74 Å². The van der Waals surface area contributed by atoms with Crippen LogP contribution in [0.2, 0.25) is 0 Å². The summed E-state index contributed by atoms with van der Waals surface area (Å²) in [4.78, 5) is 11.3. The zero-order valence-corrected chi connectivity index (χ0v) is 17.1. The zero-order valence-electron chi connectivity index (χ0n) is 17.1. The molecule has 0 amide bonds. The number of hydrogen-bond donors (Lipinski definition) is 1. The summed E-state index contributed by atoms with van der Waals surface area (Å²) in [5.41, 5.74) is 4.33. The number of ether oxygens (including phenoxy) is 1. The molecule has 1 aromatic carbocycles. The molecule has 0 radical (unpaired) electrons. The highest BCUT2D eigenvalue weighted by Gasteiger charge is 2.18. The summed E-state index contributed by atoms with van der Waals surface area (Å²) in [5.74, 6) is 1.75. The third-order valence-corrected chi connectivity index (χ3v) is 5.42. The fourth-order valence-corrected chi connectivity index (χ4v) is 3.87. The van der Waals surface area contributed by atoms with Crippen LogP contribution in [0.4, 0.5) is 17.3 Å². The maximum atomic E-state index is 5.64. The van der Waals surface area contributed by atoms with Gasteiger partial charge in [-0.15, -0.1) is 0 Å². The number of anilines is 3. The molecule has 4 heterocycles. The summed E-state index contributed by atoms with van der Waals surface area (Å²) < 4.78 is 7.52. The summed E-state index contributed by atoms with van der Waals surface area (Å²) in [7, 11) is 1.96. The molecule has 3 aromatic heterocycles. The third kappa shape index (κ3) is 3.71. The lowest BCUT2D eigenvalue weighted by Gasteiger charge is -2.32. The average Bonchev–Trinajstić information content (AvgIpc) is 3.14. The fraction of sp³-hybridized carbons (Fsp3) is 0.261. The number of aryl methyl sites for hydroxylation is 1. The lowest BCUT2D eigenvalue weighted by Crippen LogP contribution is -2.41. The van der Waals surface area contributed by atoms with Crippen molar-refractivity contribution in [1.82, 2.24) is 19.7 Å². The number of aromatic nitrogens is 4. The Morgan fingerprint density at radius 1 is 1.03 bits per heavy atom. The van der Waals surface area contributed by atoms with Crippen molar-refractivity contribution in [3.05, 3.63) is 61.1 Å². The lowest BCUT2D eigenvalue weighted by atomic mass is 10.1. The van der Waals surface area contributed by atoms with Crippen molar-refractivity contribution in [2.75, 3.05) is 29.9 Å². The number of hydrogen-bond acceptors (Lipinski definition) is 6. The number of nitrogens with zero attached hydrogens (tertiary/aromatic N) is 5. The van der Waals surface area contributed by atoms with Gasteiger partial charge >= 0.3 is 0 Å². The van der Waals surface area contributed by atoms with Crippen molar-refractivity contribution in [3.8, 4) is 11.1 Å². The molecule has 4 aromatic rings. The first-order valence-corrected chi connectivity index (χ1v) is 10.1. The quantitative estimate of drug-likeness (QED) is 0.559. The summed E-state index contributed by atoms with van der Waals surface area (Å²) in [6.07, 6.45) is 5.77. The molecule has 1 saturated heterocycles. The Morgan fingerprint density at radius 2 is 1.90 bits per heavy atom. The number of benzene rings is 1. The second kappa shape index (κ2) is 7.76. The molecular formula is C23H24N6O. The Labute approximate surface area is 175 Å². The normalized spacial score (nSPS) is 16.7. The summed E-state index contributed by atoms with van der Waals surface area (Å²) in [6, 6.07) is 14.5. The Balaban J connectivity index is 1.38. The number of morpholine rings is 1. The molecule has 0 bridgehead atoms. The Hall–Kier alpha value is -3.45. The van der Waals surface area contributed by atoms with Gasteiger partial charge in [-0.3, -0.25) is 4.68 Å². The first-order valence-electron chi connectivity index (χ1n) is 10.1. The van der Waals surface area contributed by atoms with Gasteiger partial charge in [-0.05, 0) is 48.4 Å². The standard InChI is InChI=1S/C23H24N6O/c1-16-15-29(9-10-30-16)23-13-20(6-8-25-23)27-22-12-18(5-7-24-22)17-3-4-21-19(11-17)14-26-28(21)2/h3-8,11-14,16H,9-10,15H2,1-2H3,(H,24,25,27)/t16-/m1/s1. The Bertz CT molecular complexity index is 1190. The van der Waals surface area contributed by atoms with Gasteiger partial charge in [0.05, 0.1) is 24.4 Å². The smallest absolute Gasteiger partial charge is 0.130 e. The highest BCUT2D eigenvalue weighted by molar-refractivity contribution is 5.85. The number of rotatable bonds is 4. The van der Waals surface area contributed by atoms with Crippen LogP contribution in [0.5, 0.6) is 0 Å². The van der Waals surface area contributed by atoms with Gasteiger partial charge in [0.1, 0.15) is 11.6 Å². The van der Waals surface area contributed by atoms with Crippen molar-refractivity contribution >= 4 is 28.2 Å². The molecule has 30 heavy (non-hydrogen) atoms. The van der Waals surface area contributed by atoms with Crippen molar-refractivity contribution in [3.63, 3.8) is 0 Å². The van der Waals surface area contributed by atoms with E-state index < -0.39 is 0 Å². The molecule has 5 rings (SSSR count). The maximum absolute atomic E-state index is 5.64. The molecule has 1 fully saturated rings. The topological polar surface area (TPSA) is 68.1 Å². The van der Waals surface area contributed by atoms with E-state index in [1.807, 2.05) is 42.5 Å². The maximum Gasteiger partial charge on any atom is 0.130 e. The number of nitrogens with one attached hydrogen (secondary N) is 1. The molecule has 1 aliphatic heterocycles. The van der Waals surface area contributed by atoms with E-state index in [1.165, 1.54) is 0 Å². The highest BCUT2D eigenvalue weighted by atomic mass is 16.5. The predicted octanol–water partition coefficient (Wildman–Crippen LogP) is 4.00. The van der Waals surface area contributed by atoms with Crippen LogP contribution < -0.4 is 10.2 Å². The molecule has 0 unspecified atom stereocenters. The van der Waals surface area contributed by atoms with Crippen LogP contribution in [0.3, 0.4) is 0 Å².